The van der Waals surface area contributed by atoms with Crippen molar-refractivity contribution in [1.29, 1.82) is 0 Å². The van der Waals surface area contributed by atoms with E-state index in [4.69, 9.17) is 9.47 Å². The first-order valence-corrected chi connectivity index (χ1v) is 25.9. The highest BCUT2D eigenvalue weighted by molar-refractivity contribution is 6.06. The van der Waals surface area contributed by atoms with E-state index in [9.17, 15) is 56.2 Å². The molecule has 6 amide bonds. The van der Waals surface area contributed by atoms with Gasteiger partial charge in [0.1, 0.15) is 17.8 Å². The first kappa shape index (κ1) is 59.1. The van der Waals surface area contributed by atoms with E-state index < -0.39 is 47.7 Å². The average molecular weight is 1050 g/mol. The zero-order valence-corrected chi connectivity index (χ0v) is 44.5. The van der Waals surface area contributed by atoms with Crippen molar-refractivity contribution in [2.75, 3.05) is 42.6 Å². The first-order chi connectivity index (χ1) is 34.7. The number of alkyl halides is 4. The number of halogens is 4. The van der Waals surface area contributed by atoms with Crippen LogP contribution in [0.15, 0.2) is 24.3 Å². The van der Waals surface area contributed by atoms with Crippen LogP contribution < -0.4 is 29.9 Å². The van der Waals surface area contributed by atoms with Crippen LogP contribution in [0.4, 0.5) is 28.9 Å². The van der Waals surface area contributed by atoms with Crippen LogP contribution in [0.3, 0.4) is 0 Å². The smallest absolute Gasteiger partial charge is 0.315 e. The molecular weight excluding hydrogens is 969 g/mol. The molecule has 74 heavy (non-hydrogen) atoms. The molecule has 2 aliphatic heterocycles. The lowest BCUT2D eigenvalue weighted by atomic mass is 9.83. The topological polar surface area (TPSA) is 195 Å². The monoisotopic (exact) mass is 1040 g/mol. The Hall–Kier alpha value is -5.79. The summed E-state index contributed by atoms with van der Waals surface area (Å²) in [4.78, 5) is 94.2. The third-order valence-corrected chi connectivity index (χ3v) is 14.5. The van der Waals surface area contributed by atoms with Crippen molar-refractivity contribution in [2.45, 2.75) is 182 Å². The third kappa shape index (κ3) is 13.9. The van der Waals surface area contributed by atoms with Gasteiger partial charge in [0.25, 0.3) is 35.4 Å². The summed E-state index contributed by atoms with van der Waals surface area (Å²) in [6.07, 6.45) is 3.06. The number of hydrogen-bond acceptors (Lipinski definition) is 10. The molecule has 0 spiro atoms. The van der Waals surface area contributed by atoms with E-state index in [0.717, 1.165) is 64.1 Å². The number of carbonyl (C=O) groups excluding carboxylic acids is 7. The number of carbonyl (C=O) groups is 7. The van der Waals surface area contributed by atoms with Crippen molar-refractivity contribution in [1.82, 2.24) is 20.4 Å². The van der Waals surface area contributed by atoms with Crippen LogP contribution in [-0.2, 0) is 24.0 Å². The van der Waals surface area contributed by atoms with Crippen molar-refractivity contribution in [3.63, 3.8) is 0 Å². The van der Waals surface area contributed by atoms with Crippen molar-refractivity contribution >= 4 is 53.1 Å². The molecule has 0 saturated heterocycles. The summed E-state index contributed by atoms with van der Waals surface area (Å²) in [5.74, 6) is -2.24. The van der Waals surface area contributed by atoms with Crippen molar-refractivity contribution in [3.05, 3.63) is 46.5 Å². The Morgan fingerprint density at radius 1 is 0.662 bits per heavy atom. The van der Waals surface area contributed by atoms with Crippen LogP contribution in [0.5, 0.6) is 11.5 Å². The molecule has 6 rings (SSSR count). The highest BCUT2D eigenvalue weighted by atomic mass is 19.3. The lowest BCUT2D eigenvalue weighted by Gasteiger charge is -2.41. The summed E-state index contributed by atoms with van der Waals surface area (Å²) in [7, 11) is 0. The number of nitrogens with zero attached hydrogens (tertiary/aromatic N) is 4. The number of amides is 6. The van der Waals surface area contributed by atoms with Gasteiger partial charge in [0.2, 0.25) is 0 Å². The summed E-state index contributed by atoms with van der Waals surface area (Å²) in [5.41, 5.74) is 0.613. The molecule has 2 aromatic rings. The normalized spacial score (nSPS) is 21.0. The van der Waals surface area contributed by atoms with Crippen molar-refractivity contribution in [3.8, 4) is 11.5 Å². The molecule has 0 atom stereocenters. The molecule has 2 aromatic carbocycles. The van der Waals surface area contributed by atoms with Gasteiger partial charge in [-0.3, -0.25) is 28.8 Å². The molecular formula is C54H76F4N6O10. The van der Waals surface area contributed by atoms with Gasteiger partial charge < -0.3 is 49.6 Å². The van der Waals surface area contributed by atoms with Gasteiger partial charge in [0.15, 0.2) is 11.2 Å². The standard InChI is InChI=1S/C27H39F2N3O5.C27H37F2N3O5/c2*1-16(2)32(19-8-6-18(7-9-19)10-13-33)25(35)20-15-21-22(14-17(20)3)37-27(4,5)26(36)31(21)12-11-30-24(34)23(28)29/h14-16,18-19,23,33H,6-13H2,1-5H3,(H,30,34);13-16,18-19,23H,6-12H2,1-5H3,(H,30,34). The summed E-state index contributed by atoms with van der Waals surface area (Å²) < 4.78 is 62.3. The molecule has 4 aliphatic rings. The highest BCUT2D eigenvalue weighted by Gasteiger charge is 2.44. The van der Waals surface area contributed by atoms with E-state index in [1.165, 1.54) is 9.80 Å². The predicted octanol–water partition coefficient (Wildman–Crippen LogP) is 7.55. The molecule has 2 fully saturated rings. The Morgan fingerprint density at radius 2 is 1.03 bits per heavy atom. The van der Waals surface area contributed by atoms with Gasteiger partial charge in [-0.15, -0.1) is 0 Å². The van der Waals surface area contributed by atoms with E-state index >= 15 is 0 Å². The fraction of sp³-hybridized carbons (Fsp3) is 0.648. The molecule has 20 heteroatoms. The zero-order chi connectivity index (χ0) is 55.0. The molecule has 410 valence electrons. The Kier molecular flexibility index (Phi) is 20.1. The molecule has 0 aromatic heterocycles. The number of aldehydes is 1. The van der Waals surface area contributed by atoms with Gasteiger partial charge in [-0.2, -0.15) is 17.6 Å². The predicted molar refractivity (Wildman–Crippen MR) is 271 cm³/mol. The lowest BCUT2D eigenvalue weighted by Crippen LogP contribution is -2.54. The van der Waals surface area contributed by atoms with Gasteiger partial charge in [-0.05, 0) is 174 Å². The first-order valence-electron chi connectivity index (χ1n) is 25.9. The minimum Gasteiger partial charge on any atom is -0.476 e. The molecule has 0 radical (unpaired) electrons. The van der Waals surface area contributed by atoms with Crippen LogP contribution in [-0.4, -0.2) is 138 Å². The number of anilines is 2. The van der Waals surface area contributed by atoms with Gasteiger partial charge in [-0.1, -0.05) is 0 Å². The summed E-state index contributed by atoms with van der Waals surface area (Å²) in [5, 5.41) is 13.5. The number of nitrogens with one attached hydrogen (secondary N) is 2. The van der Waals surface area contributed by atoms with E-state index in [0.29, 0.717) is 63.4 Å². The number of hydrogen-bond donors (Lipinski definition) is 3. The molecule has 16 nitrogen and oxygen atoms in total. The molecule has 0 bridgehead atoms. The van der Waals surface area contributed by atoms with Gasteiger partial charge in [0.05, 0.1) is 11.4 Å². The second-order valence-corrected chi connectivity index (χ2v) is 21.5. The second-order valence-electron chi connectivity index (χ2n) is 21.5. The minimum atomic E-state index is -3.15. The number of aliphatic hydroxyl groups excluding tert-OH is 1. The molecule has 0 unspecified atom stereocenters. The maximum absolute atomic E-state index is 13.9. The Bertz CT molecular complexity index is 2360. The lowest BCUT2D eigenvalue weighted by molar-refractivity contribution is -0.133. The Labute approximate surface area is 432 Å². The maximum atomic E-state index is 13.9. The average Bonchev–Trinajstić information content (AvgIpc) is 3.32. The van der Waals surface area contributed by atoms with E-state index in [1.54, 1.807) is 52.0 Å². The fourth-order valence-electron chi connectivity index (χ4n) is 10.7. The molecule has 2 heterocycles. The fourth-order valence-corrected chi connectivity index (χ4v) is 10.7. The van der Waals surface area contributed by atoms with E-state index in [2.05, 4.69) is 10.6 Å². The van der Waals surface area contributed by atoms with Crippen LogP contribution >= 0.6 is 0 Å². The molecule has 3 N–H and O–H groups in total. The largest absolute Gasteiger partial charge is 0.476 e. The summed E-state index contributed by atoms with van der Waals surface area (Å²) in [6, 6.07) is 6.75. The quantitative estimate of drug-likeness (QED) is 0.0991. The highest BCUT2D eigenvalue weighted by Crippen LogP contribution is 2.43. The van der Waals surface area contributed by atoms with Gasteiger partial charge in [0, 0.05) is 74.5 Å². The molecule has 2 saturated carbocycles. The van der Waals surface area contributed by atoms with Crippen LogP contribution in [0.2, 0.25) is 0 Å². The number of aryl methyl sites for hydroxylation is 2. The van der Waals surface area contributed by atoms with Gasteiger partial charge in [-0.25, -0.2) is 0 Å². The van der Waals surface area contributed by atoms with Gasteiger partial charge >= 0.3 is 12.9 Å². The number of aliphatic hydroxyl groups is 1. The third-order valence-electron chi connectivity index (χ3n) is 14.5. The minimum absolute atomic E-state index is 0.0418. The zero-order valence-electron chi connectivity index (χ0n) is 44.5. The Morgan fingerprint density at radius 3 is 1.35 bits per heavy atom. The number of rotatable bonds is 18. The Balaban J connectivity index is 0.000000274. The summed E-state index contributed by atoms with van der Waals surface area (Å²) >= 11 is 0. The summed E-state index contributed by atoms with van der Waals surface area (Å²) in [6.45, 7) is 17.7. The second kappa shape index (κ2) is 25.2. The number of fused-ring (bicyclic) bond motifs is 2. The van der Waals surface area contributed by atoms with Crippen LogP contribution in [0, 0.1) is 25.7 Å². The molecule has 2 aliphatic carbocycles. The number of benzene rings is 2. The van der Waals surface area contributed by atoms with Crippen LogP contribution in [0.1, 0.15) is 151 Å². The van der Waals surface area contributed by atoms with E-state index in [-0.39, 0.29) is 68.8 Å². The van der Waals surface area contributed by atoms with Crippen molar-refractivity contribution in [2.24, 2.45) is 11.8 Å². The number of ether oxygens (including phenoxy) is 2. The van der Waals surface area contributed by atoms with E-state index in [1.807, 2.05) is 51.3 Å². The van der Waals surface area contributed by atoms with Crippen LogP contribution in [0.25, 0.3) is 0 Å². The SMILES string of the molecule is Cc1cc2c(cc1C(=O)N(C(C)C)C1CCC(CC=O)CC1)N(CCNC(=O)C(F)F)C(=O)C(C)(C)O2.Cc1cc2c(cc1C(=O)N(C(C)C)C1CCC(CCO)CC1)N(CCNC(=O)C(F)F)C(=O)C(C)(C)O2. The maximum Gasteiger partial charge on any atom is 0.315 e. The van der Waals surface area contributed by atoms with Crippen molar-refractivity contribution < 1.29 is 65.7 Å².